The maximum Gasteiger partial charge on any atom is 0.387 e. The normalized spacial score (nSPS) is 22.6. The van der Waals surface area contributed by atoms with Crippen LogP contribution in [0.4, 0.5) is 8.78 Å². The van der Waals surface area contributed by atoms with Crippen molar-refractivity contribution in [2.45, 2.75) is 31.2 Å². The van der Waals surface area contributed by atoms with E-state index in [0.29, 0.717) is 31.5 Å². The van der Waals surface area contributed by atoms with Crippen LogP contribution in [-0.4, -0.2) is 49.4 Å². The predicted octanol–water partition coefficient (Wildman–Crippen LogP) is 3.33. The van der Waals surface area contributed by atoms with Gasteiger partial charge in [-0.1, -0.05) is 30.3 Å². The SMILES string of the molecule is CS(=O)(=O)N1CCC2(CC1)Oc1ccccc1[C@H]1C=C(c3cccc(OC(F)F)c3)NN12. The van der Waals surface area contributed by atoms with Crippen LogP contribution in [0.3, 0.4) is 0 Å². The highest BCUT2D eigenvalue weighted by Gasteiger charge is 2.52. The van der Waals surface area contributed by atoms with E-state index in [2.05, 4.69) is 10.2 Å². The summed E-state index contributed by atoms with van der Waals surface area (Å²) in [6.45, 7) is -2.21. The fraction of sp³-hybridized carbons (Fsp3) is 0.364. The quantitative estimate of drug-likeness (QED) is 0.750. The summed E-state index contributed by atoms with van der Waals surface area (Å²) >= 11 is 0. The number of hydrogen-bond acceptors (Lipinski definition) is 6. The minimum Gasteiger partial charge on any atom is -0.470 e. The largest absolute Gasteiger partial charge is 0.470 e. The Hall–Kier alpha value is -2.69. The van der Waals surface area contributed by atoms with Crippen LogP contribution in [0.2, 0.25) is 0 Å². The lowest BCUT2D eigenvalue weighted by atomic mass is 9.93. The smallest absolute Gasteiger partial charge is 0.387 e. The second-order valence-corrected chi connectivity index (χ2v) is 10.1. The van der Waals surface area contributed by atoms with Crippen LogP contribution in [0.15, 0.2) is 54.6 Å². The highest BCUT2D eigenvalue weighted by molar-refractivity contribution is 7.88. The van der Waals surface area contributed by atoms with Crippen LogP contribution in [0.1, 0.15) is 30.0 Å². The van der Waals surface area contributed by atoms with E-state index in [1.807, 2.05) is 41.4 Å². The fourth-order valence-electron chi connectivity index (χ4n) is 4.64. The zero-order chi connectivity index (χ0) is 22.5. The second kappa shape index (κ2) is 7.72. The van der Waals surface area contributed by atoms with E-state index in [4.69, 9.17) is 4.74 Å². The number of alkyl halides is 2. The Morgan fingerprint density at radius 3 is 2.62 bits per heavy atom. The van der Waals surface area contributed by atoms with Gasteiger partial charge in [-0.15, -0.1) is 0 Å². The van der Waals surface area contributed by atoms with Gasteiger partial charge in [-0.25, -0.2) is 12.7 Å². The number of hydrogen-bond donors (Lipinski definition) is 1. The molecule has 0 bridgehead atoms. The van der Waals surface area contributed by atoms with Crippen molar-refractivity contribution in [2.75, 3.05) is 19.3 Å². The van der Waals surface area contributed by atoms with E-state index in [0.717, 1.165) is 17.0 Å². The van der Waals surface area contributed by atoms with Gasteiger partial charge in [-0.05, 0) is 24.3 Å². The molecule has 3 aliphatic heterocycles. The zero-order valence-corrected chi connectivity index (χ0v) is 18.2. The number of halogens is 2. The van der Waals surface area contributed by atoms with E-state index >= 15 is 0 Å². The van der Waals surface area contributed by atoms with Crippen LogP contribution in [-0.2, 0) is 10.0 Å². The first-order valence-electron chi connectivity index (χ1n) is 10.3. The molecule has 0 aliphatic carbocycles. The summed E-state index contributed by atoms with van der Waals surface area (Å²) < 4.78 is 61.9. The number of nitrogens with zero attached hydrogens (tertiary/aromatic N) is 2. The third-order valence-corrected chi connectivity index (χ3v) is 7.47. The van der Waals surface area contributed by atoms with E-state index in [9.17, 15) is 17.2 Å². The molecular formula is C22H23F2N3O4S. The Morgan fingerprint density at radius 1 is 1.16 bits per heavy atom. The maximum atomic E-state index is 12.7. The van der Waals surface area contributed by atoms with Crippen LogP contribution < -0.4 is 14.9 Å². The molecule has 10 heteroatoms. The standard InChI is InChI=1S/C22H23F2N3O4S/c1-32(28,29)26-11-9-22(10-12-26)27-19(17-7-2-3-8-20(17)31-22)14-18(25-27)15-5-4-6-16(13-15)30-21(23)24/h2-8,13-14,19,21,25H,9-12H2,1H3/t19-/m1/s1. The number of fused-ring (bicyclic) bond motifs is 4. The molecular weight excluding hydrogens is 440 g/mol. The first-order valence-corrected chi connectivity index (χ1v) is 12.2. The van der Waals surface area contributed by atoms with Gasteiger partial charge in [0.15, 0.2) is 5.72 Å². The van der Waals surface area contributed by atoms with Gasteiger partial charge in [0.2, 0.25) is 10.0 Å². The summed E-state index contributed by atoms with van der Waals surface area (Å²) in [5.41, 5.74) is 5.10. The first kappa shape index (κ1) is 21.2. The summed E-state index contributed by atoms with van der Waals surface area (Å²) in [5, 5.41) is 2.02. The van der Waals surface area contributed by atoms with Crippen molar-refractivity contribution in [1.29, 1.82) is 0 Å². The fourth-order valence-corrected chi connectivity index (χ4v) is 5.48. The summed E-state index contributed by atoms with van der Waals surface area (Å²) in [6.07, 6.45) is 4.21. The molecule has 0 radical (unpaired) electrons. The minimum atomic E-state index is -3.28. The minimum absolute atomic E-state index is 0.0814. The van der Waals surface area contributed by atoms with E-state index < -0.39 is 22.4 Å². The molecule has 3 aliphatic rings. The van der Waals surface area contributed by atoms with E-state index in [1.165, 1.54) is 16.6 Å². The lowest BCUT2D eigenvalue weighted by molar-refractivity contribution is -0.153. The topological polar surface area (TPSA) is 71.1 Å². The highest BCUT2D eigenvalue weighted by atomic mass is 32.2. The number of piperidine rings is 1. The highest BCUT2D eigenvalue weighted by Crippen LogP contribution is 2.48. The Balaban J connectivity index is 1.49. The van der Waals surface area contributed by atoms with Crippen molar-refractivity contribution in [3.05, 3.63) is 65.7 Å². The second-order valence-electron chi connectivity index (χ2n) is 8.16. The Morgan fingerprint density at radius 2 is 1.91 bits per heavy atom. The van der Waals surface area contributed by atoms with Crippen LogP contribution >= 0.6 is 0 Å². The van der Waals surface area contributed by atoms with Crippen molar-refractivity contribution in [3.63, 3.8) is 0 Å². The van der Waals surface area contributed by atoms with Gasteiger partial charge in [-0.2, -0.15) is 13.8 Å². The van der Waals surface area contributed by atoms with E-state index in [-0.39, 0.29) is 11.8 Å². The van der Waals surface area contributed by atoms with Gasteiger partial charge < -0.3 is 14.9 Å². The molecule has 0 aromatic heterocycles. The molecule has 3 heterocycles. The molecule has 1 atom stereocenters. The number of benzene rings is 2. The number of sulfonamides is 1. The Kier molecular flexibility index (Phi) is 5.11. The summed E-state index contributed by atoms with van der Waals surface area (Å²) in [5.74, 6) is 0.841. The van der Waals surface area contributed by atoms with Gasteiger partial charge in [0.1, 0.15) is 11.5 Å². The van der Waals surface area contributed by atoms with Gasteiger partial charge in [-0.3, -0.25) is 0 Å². The number of ether oxygens (including phenoxy) is 2. The predicted molar refractivity (Wildman–Crippen MR) is 114 cm³/mol. The summed E-state index contributed by atoms with van der Waals surface area (Å²) in [7, 11) is -3.28. The molecule has 0 unspecified atom stereocenters. The lowest BCUT2D eigenvalue weighted by Gasteiger charge is -2.51. The molecule has 1 spiro atoms. The third kappa shape index (κ3) is 3.72. The number of rotatable bonds is 4. The van der Waals surface area contributed by atoms with Crippen molar-refractivity contribution >= 4 is 15.7 Å². The van der Waals surface area contributed by atoms with Gasteiger partial charge in [0, 0.05) is 37.1 Å². The Labute approximate surface area is 185 Å². The van der Waals surface area contributed by atoms with E-state index in [1.54, 1.807) is 12.1 Å². The summed E-state index contributed by atoms with van der Waals surface area (Å²) in [6, 6.07) is 14.1. The molecule has 2 aromatic rings. The monoisotopic (exact) mass is 463 g/mol. The molecule has 32 heavy (non-hydrogen) atoms. The Bertz CT molecular complexity index is 1160. The molecule has 2 aromatic carbocycles. The average molecular weight is 464 g/mol. The van der Waals surface area contributed by atoms with Crippen molar-refractivity contribution in [2.24, 2.45) is 0 Å². The molecule has 1 fully saturated rings. The van der Waals surface area contributed by atoms with Crippen LogP contribution in [0, 0.1) is 0 Å². The van der Waals surface area contributed by atoms with Crippen LogP contribution in [0.25, 0.3) is 5.70 Å². The van der Waals surface area contributed by atoms with Gasteiger partial charge >= 0.3 is 6.61 Å². The van der Waals surface area contributed by atoms with Crippen molar-refractivity contribution in [1.82, 2.24) is 14.7 Å². The van der Waals surface area contributed by atoms with Gasteiger partial charge in [0.25, 0.3) is 0 Å². The first-order chi connectivity index (χ1) is 15.2. The van der Waals surface area contributed by atoms with Gasteiger partial charge in [0.05, 0.1) is 18.0 Å². The van der Waals surface area contributed by atoms with Crippen molar-refractivity contribution in [3.8, 4) is 11.5 Å². The molecule has 1 N–H and O–H groups in total. The third-order valence-electron chi connectivity index (χ3n) is 6.16. The lowest BCUT2D eigenvalue weighted by Crippen LogP contribution is -2.64. The molecule has 5 rings (SSSR count). The zero-order valence-electron chi connectivity index (χ0n) is 17.4. The maximum absolute atomic E-state index is 12.7. The number of hydrazine groups is 1. The summed E-state index contributed by atoms with van der Waals surface area (Å²) in [4.78, 5) is 0. The van der Waals surface area contributed by atoms with Crippen molar-refractivity contribution < 1.29 is 26.7 Å². The molecule has 0 amide bonds. The number of para-hydroxylation sites is 1. The molecule has 0 saturated carbocycles. The number of nitrogens with one attached hydrogen (secondary N) is 1. The molecule has 1 saturated heterocycles. The van der Waals surface area contributed by atoms with Crippen LogP contribution in [0.5, 0.6) is 11.5 Å². The molecule has 7 nitrogen and oxygen atoms in total. The average Bonchev–Trinajstić information content (AvgIpc) is 3.20. The molecule has 170 valence electrons.